The van der Waals surface area contributed by atoms with Gasteiger partial charge in [0, 0.05) is 37.3 Å². The Hall–Kier alpha value is -1.93. The quantitative estimate of drug-likeness (QED) is 0.242. The van der Waals surface area contributed by atoms with Crippen molar-refractivity contribution in [3.8, 4) is 0 Å². The highest BCUT2D eigenvalue weighted by Crippen LogP contribution is 2.28. The zero-order valence-corrected chi connectivity index (χ0v) is 16.9. The number of ether oxygens (including phenoxy) is 2. The molecule has 1 N–H and O–H groups in total. The average Bonchev–Trinajstić information content (AvgIpc) is 2.72. The van der Waals surface area contributed by atoms with E-state index >= 15 is 0 Å². The van der Waals surface area contributed by atoms with Gasteiger partial charge in [-0.25, -0.2) is 0 Å². The summed E-state index contributed by atoms with van der Waals surface area (Å²) in [4.78, 5) is 11.6. The number of rotatable bonds is 13. The van der Waals surface area contributed by atoms with Gasteiger partial charge in [-0.2, -0.15) is 0 Å². The second kappa shape index (κ2) is 12.5. The Morgan fingerprint density at radius 3 is 2.70 bits per heavy atom. The molecule has 1 aromatic heterocycles. The Morgan fingerprint density at radius 1 is 1.19 bits per heavy atom. The van der Waals surface area contributed by atoms with E-state index in [9.17, 15) is 0 Å². The van der Waals surface area contributed by atoms with Crippen molar-refractivity contribution in [1.82, 2.24) is 9.71 Å². The van der Waals surface area contributed by atoms with E-state index in [1.807, 2.05) is 13.0 Å². The monoisotopic (exact) mass is 388 g/mol. The third kappa shape index (κ3) is 7.30. The summed E-state index contributed by atoms with van der Waals surface area (Å²) in [7, 11) is 0. The van der Waals surface area contributed by atoms with Crippen LogP contribution in [0.25, 0.3) is 0 Å². The van der Waals surface area contributed by atoms with Gasteiger partial charge in [-0.1, -0.05) is 12.1 Å². The van der Waals surface area contributed by atoms with Crippen molar-refractivity contribution in [2.75, 3.05) is 38.0 Å². The molecule has 0 aliphatic rings. The third-order valence-electron chi connectivity index (χ3n) is 3.88. The van der Waals surface area contributed by atoms with Gasteiger partial charge in [0.2, 0.25) is 0 Å². The molecule has 0 fully saturated rings. The minimum atomic E-state index is 0.353. The lowest BCUT2D eigenvalue weighted by Gasteiger charge is -2.24. The van der Waals surface area contributed by atoms with Crippen LogP contribution in [0.2, 0.25) is 0 Å². The first-order chi connectivity index (χ1) is 13.3. The molecule has 0 saturated carbocycles. The van der Waals surface area contributed by atoms with Gasteiger partial charge in [0.05, 0.1) is 18.5 Å². The van der Waals surface area contributed by atoms with Crippen LogP contribution in [0.5, 0.6) is 0 Å². The number of hydrogen-bond donors (Lipinski definition) is 1. The Bertz CT molecular complexity index is 682. The van der Waals surface area contributed by atoms with E-state index in [4.69, 9.17) is 9.47 Å². The highest BCUT2D eigenvalue weighted by molar-refractivity contribution is 7.97. The smallest absolute Gasteiger partial charge is 0.146 e. The summed E-state index contributed by atoms with van der Waals surface area (Å²) in [5, 5.41) is 0. The first-order valence-electron chi connectivity index (χ1n) is 9.08. The summed E-state index contributed by atoms with van der Waals surface area (Å²) in [6.07, 6.45) is 3.53. The fraction of sp³-hybridized carbons (Fsp3) is 0.400. The molecule has 1 heterocycles. The molecule has 1 aromatic carbocycles. The van der Waals surface area contributed by atoms with Crippen molar-refractivity contribution in [2.24, 2.45) is 4.99 Å². The van der Waals surface area contributed by atoms with E-state index in [1.54, 1.807) is 24.3 Å². The zero-order chi connectivity index (χ0) is 19.3. The van der Waals surface area contributed by atoms with Crippen LogP contribution in [0.3, 0.4) is 0 Å². The first-order valence-corrected chi connectivity index (χ1v) is 9.90. The van der Waals surface area contributed by atoms with Crippen LogP contribution in [0, 0.1) is 0 Å². The van der Waals surface area contributed by atoms with Crippen LogP contribution in [-0.2, 0) is 16.0 Å². The minimum Gasteiger partial charge on any atom is -0.366 e. The van der Waals surface area contributed by atoms with E-state index < -0.39 is 0 Å². The van der Waals surface area contributed by atoms with Gasteiger partial charge in [0.1, 0.15) is 12.5 Å². The molecule has 0 aliphatic heterocycles. The van der Waals surface area contributed by atoms with Crippen molar-refractivity contribution in [3.63, 3.8) is 0 Å². The minimum absolute atomic E-state index is 0.353. The molecular weight excluding hydrogens is 360 g/mol. The van der Waals surface area contributed by atoms with Crippen molar-refractivity contribution in [2.45, 2.75) is 25.3 Å². The molecule has 0 saturated heterocycles. The summed E-state index contributed by atoms with van der Waals surface area (Å²) >= 11 is 1.60. The third-order valence-corrected chi connectivity index (χ3v) is 4.73. The second-order valence-corrected chi connectivity index (χ2v) is 6.66. The molecule has 0 bridgehead atoms. The lowest BCUT2D eigenvalue weighted by molar-refractivity contribution is -0.0469. The average molecular weight is 389 g/mol. The molecule has 0 atom stereocenters. The number of anilines is 1. The van der Waals surface area contributed by atoms with E-state index in [0.717, 1.165) is 31.0 Å². The van der Waals surface area contributed by atoms with Gasteiger partial charge in [-0.3, -0.25) is 14.7 Å². The Labute approximate surface area is 166 Å². The molecule has 0 amide bonds. The lowest BCUT2D eigenvalue weighted by Crippen LogP contribution is -2.22. The fourth-order valence-corrected chi connectivity index (χ4v) is 3.09. The van der Waals surface area contributed by atoms with Crippen molar-refractivity contribution in [1.29, 1.82) is 0 Å². The second-order valence-electron chi connectivity index (χ2n) is 5.70. The van der Waals surface area contributed by atoms with Gasteiger partial charge in [0.15, 0.2) is 0 Å². The Balaban J connectivity index is 1.83. The standard InChI is InChI=1S/C20H28N4O2S/c1-4-24(20-10-11-22-14-19(20)21-3)15-17-6-8-18(9-7-17)27-23-12-13-26-16-25-5-2/h6-11,14,23H,3-5,12-13,15-16H2,1-2H3. The molecule has 7 heteroatoms. The normalized spacial score (nSPS) is 10.7. The summed E-state index contributed by atoms with van der Waals surface area (Å²) in [6.45, 7) is 11.8. The van der Waals surface area contributed by atoms with Gasteiger partial charge >= 0.3 is 0 Å². The van der Waals surface area contributed by atoms with Gasteiger partial charge in [0.25, 0.3) is 0 Å². The maximum absolute atomic E-state index is 5.33. The van der Waals surface area contributed by atoms with Crippen LogP contribution in [0.1, 0.15) is 19.4 Å². The van der Waals surface area contributed by atoms with E-state index in [2.05, 4.69) is 57.5 Å². The summed E-state index contributed by atoms with van der Waals surface area (Å²) < 4.78 is 13.7. The summed E-state index contributed by atoms with van der Waals surface area (Å²) in [5.74, 6) is 0. The molecule has 27 heavy (non-hydrogen) atoms. The topological polar surface area (TPSA) is 59.0 Å². The molecule has 2 rings (SSSR count). The maximum atomic E-state index is 5.33. The molecule has 0 spiro atoms. The van der Waals surface area contributed by atoms with E-state index in [0.29, 0.717) is 20.0 Å². The van der Waals surface area contributed by atoms with Crippen LogP contribution in [-0.4, -0.2) is 44.8 Å². The Kier molecular flexibility index (Phi) is 9.86. The van der Waals surface area contributed by atoms with Crippen molar-refractivity contribution >= 4 is 30.0 Å². The molecule has 146 valence electrons. The predicted octanol–water partition coefficient (Wildman–Crippen LogP) is 4.05. The molecule has 2 aromatic rings. The van der Waals surface area contributed by atoms with Gasteiger partial charge in [-0.05, 0) is 56.3 Å². The number of nitrogens with one attached hydrogen (secondary N) is 1. The predicted molar refractivity (Wildman–Crippen MR) is 113 cm³/mol. The maximum Gasteiger partial charge on any atom is 0.146 e. The van der Waals surface area contributed by atoms with Crippen LogP contribution in [0.15, 0.2) is 52.6 Å². The van der Waals surface area contributed by atoms with Crippen molar-refractivity contribution in [3.05, 3.63) is 48.3 Å². The van der Waals surface area contributed by atoms with Crippen molar-refractivity contribution < 1.29 is 9.47 Å². The number of benzene rings is 1. The number of nitrogens with zero attached hydrogens (tertiary/aromatic N) is 3. The molecule has 0 radical (unpaired) electrons. The highest BCUT2D eigenvalue weighted by atomic mass is 32.2. The number of aliphatic imine (C=N–C) groups is 1. The Morgan fingerprint density at radius 2 is 2.00 bits per heavy atom. The van der Waals surface area contributed by atoms with Crippen LogP contribution in [0.4, 0.5) is 11.4 Å². The van der Waals surface area contributed by atoms with E-state index in [1.165, 1.54) is 10.5 Å². The fourth-order valence-electron chi connectivity index (χ4n) is 2.47. The zero-order valence-electron chi connectivity index (χ0n) is 16.1. The summed E-state index contributed by atoms with van der Waals surface area (Å²) in [5.41, 5.74) is 3.10. The molecule has 0 unspecified atom stereocenters. The van der Waals surface area contributed by atoms with Crippen LogP contribution < -0.4 is 9.62 Å². The van der Waals surface area contributed by atoms with Gasteiger partial charge < -0.3 is 14.4 Å². The SMILES string of the molecule is C=Nc1cnccc1N(CC)Cc1ccc(SNCCOCOCC)cc1. The molecule has 0 aliphatic carbocycles. The largest absolute Gasteiger partial charge is 0.366 e. The van der Waals surface area contributed by atoms with Crippen LogP contribution >= 0.6 is 11.9 Å². The van der Waals surface area contributed by atoms with E-state index in [-0.39, 0.29) is 0 Å². The number of aromatic nitrogens is 1. The summed E-state index contributed by atoms with van der Waals surface area (Å²) in [6, 6.07) is 10.5. The molecule has 6 nitrogen and oxygen atoms in total. The number of hydrogen-bond acceptors (Lipinski definition) is 7. The molecular formula is C20H28N4O2S. The highest BCUT2D eigenvalue weighted by Gasteiger charge is 2.09. The first kappa shape index (κ1) is 21.4. The number of pyridine rings is 1. The lowest BCUT2D eigenvalue weighted by atomic mass is 10.2. The van der Waals surface area contributed by atoms with Gasteiger partial charge in [-0.15, -0.1) is 0 Å².